The molecule has 0 aliphatic heterocycles. The lowest BCUT2D eigenvalue weighted by Gasteiger charge is -2.29. The molecule has 0 unspecified atom stereocenters. The fourth-order valence-corrected chi connectivity index (χ4v) is 6.67. The molecule has 1 aromatic rings. The third-order valence-electron chi connectivity index (χ3n) is 10.4. The minimum atomic E-state index is -1.33. The lowest BCUT2D eigenvalue weighted by molar-refractivity contribution is -0.136. The van der Waals surface area contributed by atoms with Crippen LogP contribution in [0.2, 0.25) is 0 Å². The molecule has 0 heterocycles. The summed E-state index contributed by atoms with van der Waals surface area (Å²) in [5.74, 6) is -4.57. The number of aliphatic hydroxyl groups excluding tert-OH is 2. The van der Waals surface area contributed by atoms with Gasteiger partial charge >= 0.3 is 0 Å². The van der Waals surface area contributed by atoms with Gasteiger partial charge in [0.2, 0.25) is 29.5 Å². The molecule has 1 rings (SSSR count). The zero-order chi connectivity index (χ0) is 44.9. The van der Waals surface area contributed by atoms with E-state index in [-0.39, 0.29) is 44.1 Å². The Hall–Kier alpha value is -4.57. The molecule has 0 aliphatic carbocycles. The number of hydrogen-bond donors (Lipinski definition) is 10. The van der Waals surface area contributed by atoms with E-state index in [0.29, 0.717) is 12.0 Å². The van der Waals surface area contributed by atoms with Gasteiger partial charge in [-0.25, -0.2) is 0 Å². The number of rotatable bonds is 33. The monoisotopic (exact) mass is 845 g/mol. The molecule has 0 saturated heterocycles. The molecule has 16 heteroatoms. The Kier molecular flexibility index (Phi) is 27.9. The molecule has 0 bridgehead atoms. The van der Waals surface area contributed by atoms with E-state index in [0.717, 1.165) is 19.3 Å². The second-order valence-corrected chi connectivity index (χ2v) is 16.2. The van der Waals surface area contributed by atoms with E-state index in [9.17, 15) is 39.0 Å². The first-order chi connectivity index (χ1) is 28.6. The van der Waals surface area contributed by atoms with E-state index < -0.39 is 78.2 Å². The van der Waals surface area contributed by atoms with Crippen LogP contribution in [-0.2, 0) is 35.2 Å². The van der Waals surface area contributed by atoms with Crippen LogP contribution in [0.25, 0.3) is 0 Å². The highest BCUT2D eigenvalue weighted by molar-refractivity contribution is 5.96. The Morgan fingerprint density at radius 3 is 1.65 bits per heavy atom. The molecule has 5 amide bonds. The smallest absolute Gasteiger partial charge is 0.245 e. The summed E-state index contributed by atoms with van der Waals surface area (Å²) in [7, 11) is 0. The Labute approximate surface area is 357 Å². The molecule has 340 valence electrons. The van der Waals surface area contributed by atoms with Crippen molar-refractivity contribution in [1.29, 1.82) is 5.41 Å². The fraction of sp³-hybridized carbons (Fsp3) is 0.705. The van der Waals surface area contributed by atoms with Crippen LogP contribution >= 0.6 is 0 Å². The molecule has 60 heavy (non-hydrogen) atoms. The molecule has 6 atom stereocenters. The first kappa shape index (κ1) is 53.4. The highest BCUT2D eigenvalue weighted by atomic mass is 16.3. The molecule has 0 radical (unpaired) electrons. The number of carbonyl (C=O) groups excluding carboxylic acids is 6. The van der Waals surface area contributed by atoms with Crippen molar-refractivity contribution in [1.82, 2.24) is 31.9 Å². The predicted molar refractivity (Wildman–Crippen MR) is 234 cm³/mol. The topological polar surface area (TPSA) is 265 Å². The maximum Gasteiger partial charge on any atom is 0.245 e. The van der Waals surface area contributed by atoms with Crippen LogP contribution in [0.3, 0.4) is 0 Å². The summed E-state index contributed by atoms with van der Waals surface area (Å²) in [6.07, 6.45) is 14.5. The number of hydrogen-bond acceptors (Lipinski definition) is 9. The number of Topliss-reactive ketones (excluding diaryl/α,β-unsaturated/α-hetero) is 1. The maximum absolute atomic E-state index is 13.9. The van der Waals surface area contributed by atoms with Gasteiger partial charge in [-0.3, -0.25) is 34.2 Å². The number of unbranched alkanes of at least 4 members (excludes halogenated alkanes) is 12. The molecule has 1 aromatic carbocycles. The zero-order valence-corrected chi connectivity index (χ0v) is 36.8. The van der Waals surface area contributed by atoms with Crippen molar-refractivity contribution in [2.75, 3.05) is 13.2 Å². The molecule has 0 fully saturated rings. The quantitative estimate of drug-likeness (QED) is 0.0281. The number of aliphatic hydroxyl groups is 2. The zero-order valence-electron chi connectivity index (χ0n) is 36.8. The van der Waals surface area contributed by atoms with E-state index in [1.54, 1.807) is 44.2 Å². The maximum atomic E-state index is 13.9. The number of carbonyl (C=O) groups is 6. The minimum absolute atomic E-state index is 0.00959. The van der Waals surface area contributed by atoms with Crippen molar-refractivity contribution < 1.29 is 39.0 Å². The summed E-state index contributed by atoms with van der Waals surface area (Å²) in [6, 6.07) is 2.70. The van der Waals surface area contributed by atoms with E-state index in [4.69, 9.17) is 11.1 Å². The SMILES string of the molecule is CCCCCCCCCCCCCCCC(=O)N[C@H](C(=O)N[C@H](C(=O)N[C@@H](Cc1ccccc1)C(=O)N[C@@H](CCCNC(=N)N)C(=O)N[C@H](CO)C(C)=O)C(C)C)[C@@H](C)O. The van der Waals surface area contributed by atoms with Crippen LogP contribution in [0.15, 0.2) is 30.3 Å². The lowest BCUT2D eigenvalue weighted by Crippen LogP contribution is -2.61. The fourth-order valence-electron chi connectivity index (χ4n) is 6.67. The summed E-state index contributed by atoms with van der Waals surface area (Å²) in [5, 5.41) is 43.3. The Balaban J connectivity index is 2.96. The second kappa shape index (κ2) is 31.3. The molecule has 16 nitrogen and oxygen atoms in total. The van der Waals surface area contributed by atoms with Crippen molar-refractivity contribution in [3.63, 3.8) is 0 Å². The predicted octanol–water partition coefficient (Wildman–Crippen LogP) is 3.02. The van der Waals surface area contributed by atoms with Gasteiger partial charge in [-0.1, -0.05) is 128 Å². The van der Waals surface area contributed by atoms with Gasteiger partial charge in [-0.05, 0) is 44.6 Å². The Bertz CT molecular complexity index is 1440. The highest BCUT2D eigenvalue weighted by Crippen LogP contribution is 2.14. The summed E-state index contributed by atoms with van der Waals surface area (Å²) >= 11 is 0. The summed E-state index contributed by atoms with van der Waals surface area (Å²) in [5.41, 5.74) is 6.06. The van der Waals surface area contributed by atoms with Crippen molar-refractivity contribution in [2.24, 2.45) is 11.7 Å². The molecular formula is C44H76N8O8. The van der Waals surface area contributed by atoms with E-state index >= 15 is 0 Å². The number of ketones is 1. The molecule has 0 aromatic heterocycles. The van der Waals surface area contributed by atoms with Gasteiger partial charge in [-0.2, -0.15) is 0 Å². The lowest BCUT2D eigenvalue weighted by atomic mass is 9.99. The van der Waals surface area contributed by atoms with E-state index in [1.807, 2.05) is 0 Å². The molecule has 0 spiro atoms. The van der Waals surface area contributed by atoms with E-state index in [1.165, 1.54) is 71.6 Å². The van der Waals surface area contributed by atoms with Crippen LogP contribution in [-0.4, -0.2) is 101 Å². The van der Waals surface area contributed by atoms with Crippen molar-refractivity contribution in [3.05, 3.63) is 35.9 Å². The van der Waals surface area contributed by atoms with Crippen LogP contribution in [0, 0.1) is 11.3 Å². The van der Waals surface area contributed by atoms with Crippen LogP contribution in [0.5, 0.6) is 0 Å². The van der Waals surface area contributed by atoms with Gasteiger partial charge < -0.3 is 47.8 Å². The Morgan fingerprint density at radius 2 is 1.15 bits per heavy atom. The van der Waals surface area contributed by atoms with Gasteiger partial charge in [-0.15, -0.1) is 0 Å². The average Bonchev–Trinajstić information content (AvgIpc) is 3.20. The van der Waals surface area contributed by atoms with Gasteiger partial charge in [0, 0.05) is 19.4 Å². The number of guanidine groups is 1. The average molecular weight is 845 g/mol. The molecule has 11 N–H and O–H groups in total. The Morgan fingerprint density at radius 1 is 0.650 bits per heavy atom. The van der Waals surface area contributed by atoms with E-state index in [2.05, 4.69) is 38.8 Å². The minimum Gasteiger partial charge on any atom is -0.394 e. The molecular weight excluding hydrogens is 769 g/mol. The highest BCUT2D eigenvalue weighted by Gasteiger charge is 2.34. The van der Waals surface area contributed by atoms with Crippen LogP contribution in [0.1, 0.15) is 143 Å². The number of nitrogens with two attached hydrogens (primary N) is 1. The number of amides is 5. The first-order valence-corrected chi connectivity index (χ1v) is 22.0. The molecule has 0 saturated carbocycles. The van der Waals surface area contributed by atoms with Crippen LogP contribution in [0.4, 0.5) is 0 Å². The van der Waals surface area contributed by atoms with Gasteiger partial charge in [0.1, 0.15) is 30.2 Å². The van der Waals surface area contributed by atoms with Crippen molar-refractivity contribution in [3.8, 4) is 0 Å². The van der Waals surface area contributed by atoms with Crippen molar-refractivity contribution in [2.45, 2.75) is 180 Å². The normalized spacial score (nSPS) is 14.1. The van der Waals surface area contributed by atoms with Gasteiger partial charge in [0.15, 0.2) is 11.7 Å². The number of benzene rings is 1. The third kappa shape index (κ3) is 23.3. The summed E-state index contributed by atoms with van der Waals surface area (Å²) in [4.78, 5) is 79.5. The third-order valence-corrected chi connectivity index (χ3v) is 10.4. The molecule has 0 aliphatic rings. The standard InChI is InChI=1S/C44H76N8O8/c1-6-7-8-9-10-11-12-13-14-15-16-17-21-26-37(56)51-39(32(5)55)43(60)52-38(30(2)3)42(59)49-35(28-33-23-19-18-20-24-33)41(58)48-34(25-22-27-47-44(45)46)40(57)50-36(29-53)31(4)54/h18-20,23-24,30,32,34-36,38-39,53,55H,6-17,21-22,25-29H2,1-5H3,(H,48,58)(H,49,59)(H,50,57)(H,51,56)(H,52,60)(H4,45,46,47)/t32-,34+,35+,36-,38+,39+/m1/s1. The summed E-state index contributed by atoms with van der Waals surface area (Å²) < 4.78 is 0. The number of nitrogens with one attached hydrogen (secondary N) is 7. The summed E-state index contributed by atoms with van der Waals surface area (Å²) in [6.45, 7) is 7.76. The second-order valence-electron chi connectivity index (χ2n) is 16.2. The van der Waals surface area contributed by atoms with Gasteiger partial charge in [0.25, 0.3) is 0 Å². The first-order valence-electron chi connectivity index (χ1n) is 22.0. The van der Waals surface area contributed by atoms with Gasteiger partial charge in [0.05, 0.1) is 12.7 Å². The van der Waals surface area contributed by atoms with Crippen LogP contribution < -0.4 is 37.6 Å². The largest absolute Gasteiger partial charge is 0.394 e. The van der Waals surface area contributed by atoms with Crippen molar-refractivity contribution >= 4 is 41.3 Å².